The number of nitrogens with one attached hydrogen (secondary N) is 1. The molecular formula is C23H36IN3O3. The van der Waals surface area contributed by atoms with Crippen molar-refractivity contribution in [3.05, 3.63) is 42.5 Å². The highest BCUT2D eigenvalue weighted by molar-refractivity contribution is 14.0. The van der Waals surface area contributed by atoms with E-state index in [2.05, 4.69) is 27.9 Å². The van der Waals surface area contributed by atoms with Gasteiger partial charge in [0, 0.05) is 38.9 Å². The van der Waals surface area contributed by atoms with Gasteiger partial charge in [0.05, 0.1) is 18.8 Å². The number of para-hydroxylation sites is 1. The number of halogens is 1. The fourth-order valence-electron chi connectivity index (χ4n) is 3.86. The third-order valence-electron chi connectivity index (χ3n) is 5.51. The Morgan fingerprint density at radius 3 is 2.77 bits per heavy atom. The molecule has 0 saturated carbocycles. The van der Waals surface area contributed by atoms with Crippen molar-refractivity contribution in [2.75, 3.05) is 40.0 Å². The molecule has 30 heavy (non-hydrogen) atoms. The Bertz CT molecular complexity index is 657. The van der Waals surface area contributed by atoms with Crippen LogP contribution in [0.1, 0.15) is 37.7 Å². The van der Waals surface area contributed by atoms with E-state index in [9.17, 15) is 0 Å². The van der Waals surface area contributed by atoms with E-state index in [4.69, 9.17) is 14.2 Å². The fourth-order valence-corrected chi connectivity index (χ4v) is 3.86. The molecule has 1 aromatic carbocycles. The molecule has 2 aliphatic heterocycles. The van der Waals surface area contributed by atoms with Gasteiger partial charge in [0.1, 0.15) is 12.4 Å². The van der Waals surface area contributed by atoms with Crippen LogP contribution < -0.4 is 10.1 Å². The van der Waals surface area contributed by atoms with Gasteiger partial charge < -0.3 is 24.4 Å². The second-order valence-electron chi connectivity index (χ2n) is 7.62. The van der Waals surface area contributed by atoms with Crippen molar-refractivity contribution in [2.45, 2.75) is 50.9 Å². The van der Waals surface area contributed by atoms with Gasteiger partial charge in [-0.1, -0.05) is 30.9 Å². The van der Waals surface area contributed by atoms with Crippen LogP contribution in [-0.2, 0) is 16.0 Å². The topological polar surface area (TPSA) is 55.3 Å². The van der Waals surface area contributed by atoms with Gasteiger partial charge in [-0.2, -0.15) is 0 Å². The zero-order valence-electron chi connectivity index (χ0n) is 18.1. The molecule has 2 saturated heterocycles. The minimum Gasteiger partial charge on any atom is -0.489 e. The number of rotatable bonds is 8. The Kier molecular flexibility index (Phi) is 11.5. The number of aliphatic imine (C=N–C) groups is 1. The molecule has 0 amide bonds. The molecule has 168 valence electrons. The lowest BCUT2D eigenvalue weighted by molar-refractivity contribution is -0.0721. The maximum Gasteiger partial charge on any atom is 0.193 e. The molecule has 1 unspecified atom stereocenters. The minimum atomic E-state index is 0. The molecule has 1 N–H and O–H groups in total. The van der Waals surface area contributed by atoms with Gasteiger partial charge in [-0.15, -0.1) is 24.0 Å². The minimum absolute atomic E-state index is 0. The van der Waals surface area contributed by atoms with Gasteiger partial charge in [0.2, 0.25) is 0 Å². The van der Waals surface area contributed by atoms with E-state index in [0.717, 1.165) is 62.8 Å². The largest absolute Gasteiger partial charge is 0.489 e. The van der Waals surface area contributed by atoms with E-state index in [1.807, 2.05) is 25.2 Å². The predicted octanol–water partition coefficient (Wildman–Crippen LogP) is 3.99. The molecule has 0 aromatic heterocycles. The molecule has 2 heterocycles. The Balaban J connectivity index is 0.00000320. The molecule has 2 aliphatic rings. The zero-order chi connectivity index (χ0) is 20.3. The number of hydrogen-bond donors (Lipinski definition) is 1. The quantitative estimate of drug-likeness (QED) is 0.239. The third-order valence-corrected chi connectivity index (χ3v) is 5.51. The van der Waals surface area contributed by atoms with Crippen LogP contribution in [0.5, 0.6) is 5.75 Å². The lowest BCUT2D eigenvalue weighted by Crippen LogP contribution is -2.47. The molecule has 1 aromatic rings. The molecular weight excluding hydrogens is 493 g/mol. The smallest absolute Gasteiger partial charge is 0.193 e. The van der Waals surface area contributed by atoms with Crippen LogP contribution in [0.3, 0.4) is 0 Å². The monoisotopic (exact) mass is 529 g/mol. The highest BCUT2D eigenvalue weighted by Crippen LogP contribution is 2.20. The van der Waals surface area contributed by atoms with Crippen molar-refractivity contribution in [1.82, 2.24) is 10.2 Å². The molecule has 2 fully saturated rings. The van der Waals surface area contributed by atoms with Crippen LogP contribution in [0, 0.1) is 0 Å². The average Bonchev–Trinajstić information content (AvgIpc) is 2.79. The average molecular weight is 529 g/mol. The summed E-state index contributed by atoms with van der Waals surface area (Å²) >= 11 is 0. The summed E-state index contributed by atoms with van der Waals surface area (Å²) in [6.07, 6.45) is 7.99. The number of hydrogen-bond acceptors (Lipinski definition) is 4. The summed E-state index contributed by atoms with van der Waals surface area (Å²) in [5.74, 6) is 1.81. The lowest BCUT2D eigenvalue weighted by atomic mass is 10.1. The van der Waals surface area contributed by atoms with E-state index < -0.39 is 0 Å². The molecule has 0 bridgehead atoms. The number of nitrogens with zero attached hydrogens (tertiary/aromatic N) is 2. The Labute approximate surface area is 198 Å². The molecule has 0 aliphatic carbocycles. The number of benzene rings is 1. The standard InChI is InChI=1S/C23H35N3O3.HI/c1-3-15-28-22-10-5-4-8-19(22)17-25-23(24-2)26-13-11-20(12-14-26)29-18-21-9-6-7-16-27-21;/h3-5,8,10,20-21H,1,6-7,9,11-18H2,2H3,(H,24,25);1H. The van der Waals surface area contributed by atoms with Crippen molar-refractivity contribution >= 4 is 29.9 Å². The van der Waals surface area contributed by atoms with Crippen LogP contribution in [0.15, 0.2) is 41.9 Å². The normalized spacial score (nSPS) is 20.4. The maximum atomic E-state index is 6.13. The van der Waals surface area contributed by atoms with Crippen LogP contribution in [-0.4, -0.2) is 63.0 Å². The van der Waals surface area contributed by atoms with Crippen molar-refractivity contribution in [1.29, 1.82) is 0 Å². The first-order valence-electron chi connectivity index (χ1n) is 10.8. The van der Waals surface area contributed by atoms with Crippen LogP contribution in [0.4, 0.5) is 0 Å². The van der Waals surface area contributed by atoms with Crippen molar-refractivity contribution < 1.29 is 14.2 Å². The van der Waals surface area contributed by atoms with E-state index in [-0.39, 0.29) is 24.0 Å². The van der Waals surface area contributed by atoms with E-state index >= 15 is 0 Å². The van der Waals surface area contributed by atoms with Gasteiger partial charge in [-0.05, 0) is 38.2 Å². The molecule has 7 heteroatoms. The SMILES string of the molecule is C=CCOc1ccccc1CNC(=NC)N1CCC(OCC2CCCCO2)CC1.I. The van der Waals surface area contributed by atoms with Crippen molar-refractivity contribution in [2.24, 2.45) is 4.99 Å². The Morgan fingerprint density at radius 2 is 2.07 bits per heavy atom. The zero-order valence-corrected chi connectivity index (χ0v) is 20.4. The second-order valence-corrected chi connectivity index (χ2v) is 7.62. The summed E-state index contributed by atoms with van der Waals surface area (Å²) in [5.41, 5.74) is 1.11. The predicted molar refractivity (Wildman–Crippen MR) is 132 cm³/mol. The van der Waals surface area contributed by atoms with Gasteiger partial charge in [0.25, 0.3) is 0 Å². The van der Waals surface area contributed by atoms with Crippen LogP contribution in [0.25, 0.3) is 0 Å². The summed E-state index contributed by atoms with van der Waals surface area (Å²) in [6.45, 7) is 8.42. The number of guanidine groups is 1. The second kappa shape index (κ2) is 13.9. The lowest BCUT2D eigenvalue weighted by Gasteiger charge is -2.35. The molecule has 0 radical (unpaired) electrons. The van der Waals surface area contributed by atoms with Crippen LogP contribution in [0.2, 0.25) is 0 Å². The van der Waals surface area contributed by atoms with Crippen molar-refractivity contribution in [3.63, 3.8) is 0 Å². The molecule has 1 atom stereocenters. The van der Waals surface area contributed by atoms with Crippen LogP contribution >= 0.6 is 24.0 Å². The fraction of sp³-hybridized carbons (Fsp3) is 0.609. The Morgan fingerprint density at radius 1 is 1.27 bits per heavy atom. The summed E-state index contributed by atoms with van der Waals surface area (Å²) in [5, 5.41) is 3.48. The highest BCUT2D eigenvalue weighted by atomic mass is 127. The van der Waals surface area contributed by atoms with Gasteiger partial charge >= 0.3 is 0 Å². The number of ether oxygens (including phenoxy) is 3. The summed E-state index contributed by atoms with van der Waals surface area (Å²) in [4.78, 5) is 6.79. The maximum absolute atomic E-state index is 6.13. The first kappa shape index (κ1) is 24.9. The third kappa shape index (κ3) is 7.74. The Hall–Kier alpha value is -1.32. The van der Waals surface area contributed by atoms with E-state index in [1.165, 1.54) is 12.8 Å². The molecule has 6 nitrogen and oxygen atoms in total. The summed E-state index contributed by atoms with van der Waals surface area (Å²) in [6, 6.07) is 8.08. The summed E-state index contributed by atoms with van der Waals surface area (Å²) < 4.78 is 17.7. The van der Waals surface area contributed by atoms with E-state index in [0.29, 0.717) is 25.4 Å². The van der Waals surface area contributed by atoms with Gasteiger partial charge in [-0.25, -0.2) is 0 Å². The number of likely N-dealkylation sites (tertiary alicyclic amines) is 1. The molecule has 3 rings (SSSR count). The van der Waals surface area contributed by atoms with Crippen molar-refractivity contribution in [3.8, 4) is 5.75 Å². The molecule has 0 spiro atoms. The highest BCUT2D eigenvalue weighted by Gasteiger charge is 2.23. The first-order chi connectivity index (χ1) is 14.3. The first-order valence-corrected chi connectivity index (χ1v) is 10.8. The van der Waals surface area contributed by atoms with Gasteiger partial charge in [-0.3, -0.25) is 4.99 Å². The van der Waals surface area contributed by atoms with Gasteiger partial charge in [0.15, 0.2) is 5.96 Å². The summed E-state index contributed by atoms with van der Waals surface area (Å²) in [7, 11) is 1.84. The van der Waals surface area contributed by atoms with E-state index in [1.54, 1.807) is 6.08 Å². The number of piperidine rings is 1.